The summed E-state index contributed by atoms with van der Waals surface area (Å²) in [5.41, 5.74) is 2.83. The van der Waals surface area contributed by atoms with Crippen LogP contribution in [-0.4, -0.2) is 33.1 Å². The third-order valence-electron chi connectivity index (χ3n) is 7.92. The van der Waals surface area contributed by atoms with Crippen LogP contribution in [0.5, 0.6) is 0 Å². The number of rotatable bonds is 13. The van der Waals surface area contributed by atoms with Gasteiger partial charge in [-0.2, -0.15) is 0 Å². The van der Waals surface area contributed by atoms with Gasteiger partial charge in [-0.05, 0) is 88.3 Å². The lowest BCUT2D eigenvalue weighted by atomic mass is 9.66. The Morgan fingerprint density at radius 1 is 1.16 bits per heavy atom. The van der Waals surface area contributed by atoms with Crippen molar-refractivity contribution in [1.29, 1.82) is 0 Å². The summed E-state index contributed by atoms with van der Waals surface area (Å²) in [6, 6.07) is 5.63. The number of benzene rings is 1. The summed E-state index contributed by atoms with van der Waals surface area (Å²) < 4.78 is 5.90. The van der Waals surface area contributed by atoms with Crippen LogP contribution >= 0.6 is 11.6 Å². The number of ketones is 1. The fourth-order valence-corrected chi connectivity index (χ4v) is 5.91. The van der Waals surface area contributed by atoms with Gasteiger partial charge in [-0.25, -0.2) is 0 Å². The van der Waals surface area contributed by atoms with Gasteiger partial charge < -0.3 is 14.7 Å². The van der Waals surface area contributed by atoms with E-state index < -0.39 is 17.4 Å². The number of aromatic nitrogens is 1. The first kappa shape index (κ1) is 27.4. The van der Waals surface area contributed by atoms with Crippen LogP contribution in [0.4, 0.5) is 0 Å². The summed E-state index contributed by atoms with van der Waals surface area (Å²) in [4.78, 5) is 36.0. The maximum atomic E-state index is 13.1. The predicted octanol–water partition coefficient (Wildman–Crippen LogP) is 6.66. The normalized spacial score (nSPS) is 20.3. The van der Waals surface area contributed by atoms with Crippen LogP contribution < -0.4 is 0 Å². The summed E-state index contributed by atoms with van der Waals surface area (Å²) in [5.74, 6) is -0.326. The third kappa shape index (κ3) is 6.61. The number of hydrogen-bond donors (Lipinski definition) is 2. The maximum absolute atomic E-state index is 13.1. The van der Waals surface area contributed by atoms with Gasteiger partial charge in [0.05, 0.1) is 11.1 Å². The molecule has 0 saturated heterocycles. The molecule has 0 bridgehead atoms. The van der Waals surface area contributed by atoms with Crippen LogP contribution in [0.25, 0.3) is 0 Å². The highest BCUT2D eigenvalue weighted by Crippen LogP contribution is 2.53. The Morgan fingerprint density at radius 2 is 1.86 bits per heavy atom. The van der Waals surface area contributed by atoms with E-state index in [9.17, 15) is 24.6 Å². The summed E-state index contributed by atoms with van der Waals surface area (Å²) in [6.07, 6.45) is 5.03. The summed E-state index contributed by atoms with van der Waals surface area (Å²) in [6.45, 7) is 5.47. The van der Waals surface area contributed by atoms with Crippen LogP contribution in [0.1, 0.15) is 111 Å². The minimum absolute atomic E-state index is 0.00736. The molecule has 1 atom stereocenters. The quantitative estimate of drug-likeness (QED) is 0.298. The van der Waals surface area contributed by atoms with E-state index in [1.807, 2.05) is 25.1 Å². The van der Waals surface area contributed by atoms with E-state index in [4.69, 9.17) is 16.1 Å². The molecule has 1 aromatic heterocycles. The van der Waals surface area contributed by atoms with Crippen LogP contribution in [-0.2, 0) is 20.8 Å². The summed E-state index contributed by atoms with van der Waals surface area (Å²) >= 11 is 6.34. The molecule has 0 unspecified atom stereocenters. The molecule has 7 nitrogen and oxygen atoms in total. The van der Waals surface area contributed by atoms with Crippen LogP contribution in [0, 0.1) is 18.3 Å². The monoisotopic (exact) mass is 529 g/mol. The number of aliphatic carboxylic acids is 2. The molecular weight excluding hydrogens is 494 g/mol. The van der Waals surface area contributed by atoms with E-state index in [1.165, 1.54) is 0 Å². The van der Waals surface area contributed by atoms with Gasteiger partial charge >= 0.3 is 11.9 Å². The van der Waals surface area contributed by atoms with Crippen molar-refractivity contribution in [3.8, 4) is 0 Å². The second kappa shape index (κ2) is 11.0. The maximum Gasteiger partial charge on any atom is 0.309 e. The number of hydrogen-bond acceptors (Lipinski definition) is 5. The molecule has 0 amide bonds. The van der Waals surface area contributed by atoms with E-state index >= 15 is 0 Å². The molecule has 2 aliphatic carbocycles. The molecule has 0 aliphatic heterocycles. The topological polar surface area (TPSA) is 118 Å². The number of nitrogens with zero attached hydrogens (tertiary/aromatic N) is 1. The first-order valence-electron chi connectivity index (χ1n) is 13.2. The van der Waals surface area contributed by atoms with Gasteiger partial charge in [-0.3, -0.25) is 14.4 Å². The zero-order valence-corrected chi connectivity index (χ0v) is 22.5. The number of Topliss-reactive ketones (excluding diaryl/α,β-unsaturated/α-hetero) is 1. The zero-order chi connectivity index (χ0) is 26.9. The van der Waals surface area contributed by atoms with E-state index in [2.05, 4.69) is 5.16 Å². The number of carbonyl (C=O) groups is 3. The largest absolute Gasteiger partial charge is 0.481 e. The third-order valence-corrected chi connectivity index (χ3v) is 8.27. The molecule has 37 heavy (non-hydrogen) atoms. The molecule has 0 radical (unpaired) electrons. The van der Waals surface area contributed by atoms with Crippen molar-refractivity contribution in [3.05, 3.63) is 51.4 Å². The molecule has 2 fully saturated rings. The smallest absolute Gasteiger partial charge is 0.309 e. The number of aryl methyl sites for hydroxylation is 1. The SMILES string of the molecule is Cc1ccc(CC(=O)C[C@H](CCC(=O)O)c2noc(C3CC(CC(C)(C)C(=O)O)C3)c2C2CC2)c(Cl)c1. The molecule has 1 heterocycles. The molecule has 4 rings (SSSR count). The number of carbonyl (C=O) groups excluding carboxylic acids is 1. The van der Waals surface area contributed by atoms with Crippen molar-refractivity contribution in [1.82, 2.24) is 5.16 Å². The Balaban J connectivity index is 1.50. The van der Waals surface area contributed by atoms with Crippen LogP contribution in [0.2, 0.25) is 5.02 Å². The molecule has 1 aromatic carbocycles. The molecular formula is C29H36ClNO6. The highest BCUT2D eigenvalue weighted by Gasteiger charge is 2.43. The Kier molecular flexibility index (Phi) is 8.12. The van der Waals surface area contributed by atoms with Gasteiger partial charge in [0.1, 0.15) is 11.5 Å². The minimum atomic E-state index is -0.904. The van der Waals surface area contributed by atoms with Crippen molar-refractivity contribution in [2.45, 2.75) is 96.3 Å². The van der Waals surface area contributed by atoms with Gasteiger partial charge in [0.25, 0.3) is 0 Å². The van der Waals surface area contributed by atoms with E-state index in [-0.39, 0.29) is 36.9 Å². The van der Waals surface area contributed by atoms with Crippen molar-refractivity contribution in [2.75, 3.05) is 0 Å². The second-order valence-electron chi connectivity index (χ2n) is 11.7. The second-order valence-corrected chi connectivity index (χ2v) is 12.1. The zero-order valence-electron chi connectivity index (χ0n) is 21.8. The summed E-state index contributed by atoms with van der Waals surface area (Å²) in [7, 11) is 0. The molecule has 2 saturated carbocycles. The first-order chi connectivity index (χ1) is 17.4. The average Bonchev–Trinajstić information content (AvgIpc) is 3.53. The first-order valence-corrected chi connectivity index (χ1v) is 13.5. The molecule has 200 valence electrons. The Bertz CT molecular complexity index is 1180. The summed E-state index contributed by atoms with van der Waals surface area (Å²) in [5, 5.41) is 23.8. The van der Waals surface area contributed by atoms with Crippen LogP contribution in [0.15, 0.2) is 22.7 Å². The highest BCUT2D eigenvalue weighted by molar-refractivity contribution is 6.31. The van der Waals surface area contributed by atoms with Crippen LogP contribution in [0.3, 0.4) is 0 Å². The van der Waals surface area contributed by atoms with Crippen molar-refractivity contribution in [3.63, 3.8) is 0 Å². The lowest BCUT2D eigenvalue weighted by molar-refractivity contribution is -0.148. The van der Waals surface area contributed by atoms with Gasteiger partial charge in [0.2, 0.25) is 0 Å². The fourth-order valence-electron chi connectivity index (χ4n) is 5.61. The Hall–Kier alpha value is -2.67. The number of carboxylic acids is 2. The van der Waals surface area contributed by atoms with Crippen molar-refractivity contribution < 1.29 is 29.1 Å². The molecule has 2 aliphatic rings. The van der Waals surface area contributed by atoms with E-state index in [0.717, 1.165) is 53.8 Å². The lowest BCUT2D eigenvalue weighted by Crippen LogP contribution is -2.32. The molecule has 8 heteroatoms. The number of carboxylic acid groups (broad SMARTS) is 2. The van der Waals surface area contributed by atoms with E-state index in [1.54, 1.807) is 13.8 Å². The van der Waals surface area contributed by atoms with Gasteiger partial charge in [0.15, 0.2) is 0 Å². The predicted molar refractivity (Wildman–Crippen MR) is 139 cm³/mol. The van der Waals surface area contributed by atoms with Gasteiger partial charge in [-0.15, -0.1) is 0 Å². The molecule has 2 aromatic rings. The Labute approximate surface area is 222 Å². The molecule has 0 spiro atoms. The molecule has 2 N–H and O–H groups in total. The van der Waals surface area contributed by atoms with Crippen molar-refractivity contribution >= 4 is 29.3 Å². The lowest BCUT2D eigenvalue weighted by Gasteiger charge is -2.37. The standard InChI is InChI=1S/C29H36ClNO6/c1-16-4-5-19(23(30)10-16)13-22(32)14-20(8-9-24(33)34)26-25(18-6-7-18)27(37-31-26)21-11-17(12-21)15-29(2,3)28(35)36/h4-5,10,17-18,20-21H,6-9,11-15H2,1-3H3,(H,33,34)(H,35,36)/t17?,20-,21?/m0/s1. The van der Waals surface area contributed by atoms with Crippen molar-refractivity contribution in [2.24, 2.45) is 11.3 Å². The van der Waals surface area contributed by atoms with E-state index in [0.29, 0.717) is 29.7 Å². The van der Waals surface area contributed by atoms with Gasteiger partial charge in [0, 0.05) is 41.7 Å². The fraction of sp³-hybridized carbons (Fsp3) is 0.586. The number of halogens is 1. The minimum Gasteiger partial charge on any atom is -0.481 e. The Morgan fingerprint density at radius 3 is 2.46 bits per heavy atom. The highest BCUT2D eigenvalue weighted by atomic mass is 35.5. The average molecular weight is 530 g/mol. The van der Waals surface area contributed by atoms with Gasteiger partial charge in [-0.1, -0.05) is 28.9 Å².